The lowest BCUT2D eigenvalue weighted by Gasteiger charge is -2.08. The highest BCUT2D eigenvalue weighted by atomic mass is 35.5. The predicted molar refractivity (Wildman–Crippen MR) is 101 cm³/mol. The molecule has 2 aromatic heterocycles. The quantitative estimate of drug-likeness (QED) is 0.549. The van der Waals surface area contributed by atoms with Gasteiger partial charge in [-0.15, -0.1) is 0 Å². The summed E-state index contributed by atoms with van der Waals surface area (Å²) < 4.78 is 5.29. The molecule has 0 saturated carbocycles. The van der Waals surface area contributed by atoms with Gasteiger partial charge < -0.3 is 9.84 Å². The summed E-state index contributed by atoms with van der Waals surface area (Å²) in [5.74, 6) is 0.160. The fraction of sp³-hybridized carbons (Fsp3) is 0.0500. The fourth-order valence-electron chi connectivity index (χ4n) is 2.73. The molecular formula is C20H14ClN3O2. The Morgan fingerprint density at radius 1 is 1.08 bits per heavy atom. The van der Waals surface area contributed by atoms with Crippen LogP contribution >= 0.6 is 11.6 Å². The van der Waals surface area contributed by atoms with E-state index in [1.165, 1.54) is 0 Å². The molecule has 0 aliphatic carbocycles. The van der Waals surface area contributed by atoms with Gasteiger partial charge in [0.2, 0.25) is 0 Å². The molecule has 0 unspecified atom stereocenters. The molecule has 0 aliphatic heterocycles. The topological polar surface area (TPSA) is 68.0 Å². The van der Waals surface area contributed by atoms with Crippen molar-refractivity contribution in [3.8, 4) is 11.3 Å². The minimum absolute atomic E-state index is 0.202. The van der Waals surface area contributed by atoms with Gasteiger partial charge in [0.05, 0.1) is 11.2 Å². The van der Waals surface area contributed by atoms with Gasteiger partial charge in [-0.05, 0) is 43.3 Å². The monoisotopic (exact) mass is 363 g/mol. The molecule has 4 rings (SSSR count). The summed E-state index contributed by atoms with van der Waals surface area (Å²) in [4.78, 5) is 17.1. The van der Waals surface area contributed by atoms with Gasteiger partial charge in [0.1, 0.15) is 0 Å². The van der Waals surface area contributed by atoms with Crippen LogP contribution in [-0.4, -0.2) is 16.0 Å². The second kappa shape index (κ2) is 6.61. The number of pyridine rings is 1. The molecule has 0 radical (unpaired) electrons. The Balaban J connectivity index is 1.63. The van der Waals surface area contributed by atoms with Gasteiger partial charge in [0.15, 0.2) is 11.5 Å². The predicted octanol–water partition coefficient (Wildman–Crippen LogP) is 5.10. The zero-order chi connectivity index (χ0) is 18.1. The van der Waals surface area contributed by atoms with Crippen LogP contribution in [0.4, 0.5) is 5.69 Å². The molecule has 0 bridgehead atoms. The smallest absolute Gasteiger partial charge is 0.277 e. The third-order valence-corrected chi connectivity index (χ3v) is 4.22. The van der Waals surface area contributed by atoms with E-state index in [9.17, 15) is 4.79 Å². The van der Waals surface area contributed by atoms with Crippen molar-refractivity contribution in [3.05, 3.63) is 77.1 Å². The molecular weight excluding hydrogens is 350 g/mol. The van der Waals surface area contributed by atoms with Crippen molar-refractivity contribution in [1.82, 2.24) is 10.1 Å². The highest BCUT2D eigenvalue weighted by Gasteiger charge is 2.15. The zero-order valence-electron chi connectivity index (χ0n) is 13.9. The molecule has 0 saturated heterocycles. The van der Waals surface area contributed by atoms with Gasteiger partial charge in [-0.25, -0.2) is 0 Å². The number of aryl methyl sites for hydroxylation is 1. The molecule has 128 valence electrons. The van der Waals surface area contributed by atoms with Crippen LogP contribution in [0.2, 0.25) is 5.02 Å². The highest BCUT2D eigenvalue weighted by Crippen LogP contribution is 2.25. The average molecular weight is 364 g/mol. The minimum atomic E-state index is -0.343. The first-order valence-corrected chi connectivity index (χ1v) is 8.38. The molecule has 26 heavy (non-hydrogen) atoms. The first-order valence-electron chi connectivity index (χ1n) is 8.00. The lowest BCUT2D eigenvalue weighted by Crippen LogP contribution is -2.12. The molecule has 0 aliphatic rings. The van der Waals surface area contributed by atoms with E-state index in [2.05, 4.69) is 15.5 Å². The van der Waals surface area contributed by atoms with E-state index in [1.807, 2.05) is 49.4 Å². The van der Waals surface area contributed by atoms with E-state index >= 15 is 0 Å². The third kappa shape index (κ3) is 3.17. The summed E-state index contributed by atoms with van der Waals surface area (Å²) in [5, 5.41) is 8.27. The van der Waals surface area contributed by atoms with E-state index in [-0.39, 0.29) is 11.6 Å². The first-order chi connectivity index (χ1) is 12.6. The van der Waals surface area contributed by atoms with Crippen LogP contribution in [0.15, 0.2) is 65.2 Å². The van der Waals surface area contributed by atoms with Crippen molar-refractivity contribution in [3.63, 3.8) is 0 Å². The summed E-state index contributed by atoms with van der Waals surface area (Å²) in [6.45, 7) is 1.89. The maximum atomic E-state index is 12.6. The number of carbonyl (C=O) groups is 1. The summed E-state index contributed by atoms with van der Waals surface area (Å²) in [5.41, 5.74) is 3.33. The van der Waals surface area contributed by atoms with Crippen LogP contribution in [0.1, 0.15) is 16.2 Å². The van der Waals surface area contributed by atoms with E-state index in [1.54, 1.807) is 18.2 Å². The summed E-state index contributed by atoms with van der Waals surface area (Å²) in [6.07, 6.45) is 0. The Bertz CT molecular complexity index is 1100. The number of anilines is 1. The Kier molecular flexibility index (Phi) is 4.14. The summed E-state index contributed by atoms with van der Waals surface area (Å²) in [7, 11) is 0. The fourth-order valence-corrected chi connectivity index (χ4v) is 2.86. The van der Waals surface area contributed by atoms with Crippen molar-refractivity contribution in [2.24, 2.45) is 0 Å². The standard InChI is InChI=1S/C20H14ClN3O2/c1-12-10-17(15-4-2-3-5-16(15)22-12)23-20(25)18-11-19(26-24-18)13-6-8-14(21)9-7-13/h2-11H,1H3,(H,22,23,25). The summed E-state index contributed by atoms with van der Waals surface area (Å²) in [6, 6.07) is 18.2. The number of rotatable bonds is 3. The first kappa shape index (κ1) is 16.3. The van der Waals surface area contributed by atoms with Gasteiger partial charge in [-0.3, -0.25) is 9.78 Å². The molecule has 5 nitrogen and oxygen atoms in total. The van der Waals surface area contributed by atoms with E-state index in [4.69, 9.17) is 16.1 Å². The Morgan fingerprint density at radius 3 is 2.65 bits per heavy atom. The number of nitrogens with zero attached hydrogens (tertiary/aromatic N) is 2. The minimum Gasteiger partial charge on any atom is -0.355 e. The number of fused-ring (bicyclic) bond motifs is 1. The van der Waals surface area contributed by atoms with E-state index in [0.717, 1.165) is 22.2 Å². The lowest BCUT2D eigenvalue weighted by molar-refractivity contribution is 0.101. The molecule has 0 spiro atoms. The van der Waals surface area contributed by atoms with Gasteiger partial charge in [-0.1, -0.05) is 35.0 Å². The number of para-hydroxylation sites is 1. The largest absolute Gasteiger partial charge is 0.355 e. The highest BCUT2D eigenvalue weighted by molar-refractivity contribution is 6.30. The van der Waals surface area contributed by atoms with Gasteiger partial charge in [0.25, 0.3) is 5.91 Å². The number of aromatic nitrogens is 2. The third-order valence-electron chi connectivity index (χ3n) is 3.96. The molecule has 0 fully saturated rings. The number of hydrogen-bond acceptors (Lipinski definition) is 4. The number of carbonyl (C=O) groups excluding carboxylic acids is 1. The van der Waals surface area contributed by atoms with Crippen molar-refractivity contribution in [2.75, 3.05) is 5.32 Å². The Labute approximate surface area is 154 Å². The SMILES string of the molecule is Cc1cc(NC(=O)c2cc(-c3ccc(Cl)cc3)on2)c2ccccc2n1. The van der Waals surface area contributed by atoms with E-state index in [0.29, 0.717) is 16.5 Å². The van der Waals surface area contributed by atoms with Gasteiger partial charge in [0, 0.05) is 27.7 Å². The summed E-state index contributed by atoms with van der Waals surface area (Å²) >= 11 is 5.89. The van der Waals surface area contributed by atoms with Crippen LogP contribution in [0.5, 0.6) is 0 Å². The molecule has 1 N–H and O–H groups in total. The number of hydrogen-bond donors (Lipinski definition) is 1. The molecule has 2 heterocycles. The zero-order valence-corrected chi connectivity index (χ0v) is 14.6. The molecule has 0 atom stereocenters. The molecule has 1 amide bonds. The van der Waals surface area contributed by atoms with Gasteiger partial charge in [-0.2, -0.15) is 0 Å². The van der Waals surface area contributed by atoms with Crippen molar-refractivity contribution in [2.45, 2.75) is 6.92 Å². The van der Waals surface area contributed by atoms with Crippen LogP contribution in [0.3, 0.4) is 0 Å². The second-order valence-corrected chi connectivity index (χ2v) is 6.30. The van der Waals surface area contributed by atoms with Crippen LogP contribution in [0.25, 0.3) is 22.2 Å². The number of amides is 1. The Morgan fingerprint density at radius 2 is 1.85 bits per heavy atom. The van der Waals surface area contributed by atoms with E-state index < -0.39 is 0 Å². The average Bonchev–Trinajstić information content (AvgIpc) is 3.12. The van der Waals surface area contributed by atoms with Crippen LogP contribution in [0, 0.1) is 6.92 Å². The number of halogens is 1. The van der Waals surface area contributed by atoms with Crippen molar-refractivity contribution < 1.29 is 9.32 Å². The molecule has 4 aromatic rings. The van der Waals surface area contributed by atoms with Crippen LogP contribution < -0.4 is 5.32 Å². The van der Waals surface area contributed by atoms with Gasteiger partial charge >= 0.3 is 0 Å². The maximum absolute atomic E-state index is 12.6. The number of benzene rings is 2. The Hall–Kier alpha value is -3.18. The second-order valence-electron chi connectivity index (χ2n) is 5.87. The molecule has 2 aromatic carbocycles. The lowest BCUT2D eigenvalue weighted by atomic mass is 10.1. The number of nitrogens with one attached hydrogen (secondary N) is 1. The normalized spacial score (nSPS) is 10.8. The van der Waals surface area contributed by atoms with Crippen molar-refractivity contribution >= 4 is 34.1 Å². The van der Waals surface area contributed by atoms with Crippen molar-refractivity contribution in [1.29, 1.82) is 0 Å². The molecule has 6 heteroatoms. The van der Waals surface area contributed by atoms with Crippen LogP contribution in [-0.2, 0) is 0 Å². The maximum Gasteiger partial charge on any atom is 0.277 e.